The fourth-order valence-corrected chi connectivity index (χ4v) is 5.66. The fourth-order valence-electron chi connectivity index (χ4n) is 4.15. The lowest BCUT2D eigenvalue weighted by Gasteiger charge is -2.28. The topological polar surface area (TPSA) is 192 Å². The smallest absolute Gasteiger partial charge is 0.459 e. The summed E-state index contributed by atoms with van der Waals surface area (Å²) < 4.78 is 37.1. The van der Waals surface area contributed by atoms with E-state index in [0.29, 0.717) is 11.2 Å². The van der Waals surface area contributed by atoms with Crippen molar-refractivity contribution < 1.29 is 38.1 Å². The minimum atomic E-state index is -4.23. The Kier molecular flexibility index (Phi) is 8.11. The molecule has 0 spiro atoms. The summed E-state index contributed by atoms with van der Waals surface area (Å²) in [5.41, 5.74) is 5.06. The molecule has 1 unspecified atom stereocenters. The predicted octanol–water partition coefficient (Wildman–Crippen LogP) is 0.683. The Morgan fingerprint density at radius 2 is 2.08 bits per heavy atom. The summed E-state index contributed by atoms with van der Waals surface area (Å²) in [5.74, 6) is -0.289. The fraction of sp³-hybridized carbons (Fsp3) is 0.391. The number of nitrogens with one attached hydrogen (secondary N) is 1. The van der Waals surface area contributed by atoms with E-state index in [1.807, 2.05) is 0 Å². The van der Waals surface area contributed by atoms with Gasteiger partial charge in [-0.25, -0.2) is 14.1 Å². The van der Waals surface area contributed by atoms with Gasteiger partial charge in [-0.15, -0.1) is 0 Å². The molecule has 6 atom stereocenters. The number of para-hydroxylation sites is 1. The standard InChI is InChI=1S/C23H29N6O8P/c1-14(22(32)34-3)28-38(33,37-15-7-5-4-6-8-15)35-11-17-19(30)20(31)23(36-17,12-25-2)18-10-9-16-21(24)26-13-27-29(16)18/h4-10,12-14,17,19-20,30-31H,11H2,1-3H3,(H,28,33)(H2,24,26,27)/t14-,17+,19+,20+,23-,38?/m0/s1. The van der Waals surface area contributed by atoms with Crippen LogP contribution in [0.2, 0.25) is 0 Å². The van der Waals surface area contributed by atoms with Crippen LogP contribution in [0.4, 0.5) is 5.82 Å². The van der Waals surface area contributed by atoms with Crippen LogP contribution in [-0.2, 0) is 29.0 Å². The lowest BCUT2D eigenvalue weighted by molar-refractivity contribution is -0.142. The number of hydrogen-bond donors (Lipinski definition) is 4. The molecule has 0 radical (unpaired) electrons. The Hall–Kier alpha value is -3.39. The Morgan fingerprint density at radius 3 is 2.76 bits per heavy atom. The number of esters is 1. The number of anilines is 1. The van der Waals surface area contributed by atoms with Gasteiger partial charge >= 0.3 is 13.7 Å². The van der Waals surface area contributed by atoms with Gasteiger partial charge in [0, 0.05) is 13.3 Å². The molecule has 4 rings (SSSR count). The molecular formula is C23H29N6O8P. The number of nitrogens with zero attached hydrogens (tertiary/aromatic N) is 4. The van der Waals surface area contributed by atoms with Crippen LogP contribution in [0.25, 0.3) is 5.52 Å². The van der Waals surface area contributed by atoms with E-state index in [-0.39, 0.29) is 11.6 Å². The van der Waals surface area contributed by atoms with Crippen molar-refractivity contribution >= 4 is 31.3 Å². The molecule has 0 aliphatic carbocycles. The van der Waals surface area contributed by atoms with Crippen molar-refractivity contribution in [2.45, 2.75) is 36.9 Å². The van der Waals surface area contributed by atoms with Crippen molar-refractivity contribution in [2.75, 3.05) is 26.5 Å². The van der Waals surface area contributed by atoms with Crippen molar-refractivity contribution in [1.82, 2.24) is 19.7 Å². The van der Waals surface area contributed by atoms with Crippen LogP contribution in [0.5, 0.6) is 5.75 Å². The van der Waals surface area contributed by atoms with E-state index >= 15 is 0 Å². The Labute approximate surface area is 218 Å². The monoisotopic (exact) mass is 548 g/mol. The number of aliphatic imine (C=N–C) groups is 1. The second-order valence-electron chi connectivity index (χ2n) is 8.50. The number of nitrogen functional groups attached to an aromatic ring is 1. The number of carbonyl (C=O) groups excluding carboxylic acids is 1. The number of ether oxygens (including phenoxy) is 2. The highest BCUT2D eigenvalue weighted by atomic mass is 31.2. The molecule has 1 aliphatic rings. The van der Waals surface area contributed by atoms with Crippen LogP contribution in [0.1, 0.15) is 12.6 Å². The summed E-state index contributed by atoms with van der Waals surface area (Å²) >= 11 is 0. The number of carbonyl (C=O) groups is 1. The summed E-state index contributed by atoms with van der Waals surface area (Å²) in [6.45, 7) is 0.928. The minimum Gasteiger partial charge on any atom is -0.468 e. The number of methoxy groups -OCH3 is 1. The highest BCUT2D eigenvalue weighted by Crippen LogP contribution is 2.47. The molecule has 1 aromatic carbocycles. The van der Waals surface area contributed by atoms with Gasteiger partial charge in [-0.2, -0.15) is 10.2 Å². The van der Waals surface area contributed by atoms with Crippen molar-refractivity contribution in [3.63, 3.8) is 0 Å². The van der Waals surface area contributed by atoms with Gasteiger partial charge in [0.15, 0.2) is 11.4 Å². The Morgan fingerprint density at radius 1 is 1.34 bits per heavy atom. The zero-order chi connectivity index (χ0) is 27.5. The van der Waals surface area contributed by atoms with Crippen LogP contribution in [0.3, 0.4) is 0 Å². The third-order valence-corrected chi connectivity index (χ3v) is 7.62. The Balaban J connectivity index is 1.61. The van der Waals surface area contributed by atoms with E-state index < -0.39 is 50.3 Å². The maximum absolute atomic E-state index is 13.7. The van der Waals surface area contributed by atoms with Crippen LogP contribution in [0.15, 0.2) is 53.8 Å². The van der Waals surface area contributed by atoms with Crippen molar-refractivity contribution in [3.05, 3.63) is 54.5 Å². The summed E-state index contributed by atoms with van der Waals surface area (Å²) in [4.78, 5) is 20.0. The van der Waals surface area contributed by atoms with Gasteiger partial charge in [0.05, 0.1) is 19.4 Å². The van der Waals surface area contributed by atoms with Crippen LogP contribution < -0.4 is 15.3 Å². The molecule has 38 heavy (non-hydrogen) atoms. The van der Waals surface area contributed by atoms with Gasteiger partial charge in [0.1, 0.15) is 41.9 Å². The highest BCUT2D eigenvalue weighted by molar-refractivity contribution is 7.52. The lowest BCUT2D eigenvalue weighted by Crippen LogP contribution is -2.43. The average molecular weight is 548 g/mol. The zero-order valence-corrected chi connectivity index (χ0v) is 21.8. The van der Waals surface area contributed by atoms with Gasteiger partial charge < -0.3 is 29.9 Å². The lowest BCUT2D eigenvalue weighted by atomic mass is 9.92. The summed E-state index contributed by atoms with van der Waals surface area (Å²) in [5, 5.41) is 28.8. The molecule has 15 heteroatoms. The van der Waals surface area contributed by atoms with Gasteiger partial charge in [-0.05, 0) is 31.2 Å². The van der Waals surface area contributed by atoms with Gasteiger partial charge in [-0.1, -0.05) is 18.2 Å². The number of aromatic nitrogens is 3. The molecule has 1 fully saturated rings. The molecule has 14 nitrogen and oxygen atoms in total. The number of rotatable bonds is 10. The highest BCUT2D eigenvalue weighted by Gasteiger charge is 2.56. The summed E-state index contributed by atoms with van der Waals surface area (Å²) in [6, 6.07) is 10.4. The number of benzene rings is 1. The molecule has 2 aromatic heterocycles. The quantitative estimate of drug-likeness (QED) is 0.158. The first-order chi connectivity index (χ1) is 18.1. The molecule has 1 aliphatic heterocycles. The predicted molar refractivity (Wildman–Crippen MR) is 136 cm³/mol. The van der Waals surface area contributed by atoms with Crippen LogP contribution in [0, 0.1) is 0 Å². The van der Waals surface area contributed by atoms with E-state index in [2.05, 4.69) is 24.9 Å². The third kappa shape index (κ3) is 5.27. The molecule has 3 heterocycles. The van der Waals surface area contributed by atoms with Gasteiger partial charge in [-0.3, -0.25) is 14.3 Å². The second kappa shape index (κ2) is 11.2. The number of hydrogen-bond acceptors (Lipinski definition) is 12. The normalized spacial score (nSPS) is 25.9. The summed E-state index contributed by atoms with van der Waals surface area (Å²) in [7, 11) is -1.56. The molecule has 1 saturated heterocycles. The van der Waals surface area contributed by atoms with Gasteiger partial charge in [0.2, 0.25) is 0 Å². The number of fused-ring (bicyclic) bond motifs is 1. The van der Waals surface area contributed by atoms with Crippen LogP contribution in [-0.4, -0.2) is 82.1 Å². The van der Waals surface area contributed by atoms with E-state index in [9.17, 15) is 19.6 Å². The van der Waals surface area contributed by atoms with E-state index in [1.54, 1.807) is 42.5 Å². The largest absolute Gasteiger partial charge is 0.468 e. The summed E-state index contributed by atoms with van der Waals surface area (Å²) in [6.07, 6.45) is -1.65. The van der Waals surface area contributed by atoms with E-state index in [0.717, 1.165) is 0 Å². The second-order valence-corrected chi connectivity index (χ2v) is 10.2. The first kappa shape index (κ1) is 27.6. The molecular weight excluding hydrogens is 519 g/mol. The average Bonchev–Trinajstić information content (AvgIpc) is 3.44. The number of aliphatic hydroxyl groups is 2. The molecule has 204 valence electrons. The first-order valence-electron chi connectivity index (χ1n) is 11.5. The van der Waals surface area contributed by atoms with E-state index in [4.69, 9.17) is 19.5 Å². The van der Waals surface area contributed by atoms with Crippen LogP contribution >= 0.6 is 7.75 Å². The first-order valence-corrected chi connectivity index (χ1v) is 13.1. The van der Waals surface area contributed by atoms with E-state index in [1.165, 1.54) is 38.1 Å². The van der Waals surface area contributed by atoms with Crippen molar-refractivity contribution in [3.8, 4) is 5.75 Å². The van der Waals surface area contributed by atoms with Gasteiger partial charge in [0.25, 0.3) is 0 Å². The molecule has 0 amide bonds. The molecule has 0 bridgehead atoms. The van der Waals surface area contributed by atoms with Crippen molar-refractivity contribution in [2.24, 2.45) is 4.99 Å². The third-order valence-electron chi connectivity index (χ3n) is 5.98. The molecule has 0 saturated carbocycles. The number of nitrogens with two attached hydrogens (primary N) is 1. The maximum atomic E-state index is 13.7. The minimum absolute atomic E-state index is 0.201. The van der Waals surface area contributed by atoms with Crippen molar-refractivity contribution in [1.29, 1.82) is 0 Å². The molecule has 3 aromatic rings. The SMILES string of the molecule is CN=C[C@@]1(c2ccc3c(N)ncnn23)O[C@H](COP(=O)(N[C@@H](C)C(=O)OC)Oc2ccccc2)[C@@H](O)[C@H]1O. The number of aliphatic hydroxyl groups excluding tert-OH is 2. The maximum Gasteiger partial charge on any atom is 0.459 e. The Bertz CT molecular complexity index is 1350. The zero-order valence-electron chi connectivity index (χ0n) is 20.9. The molecule has 5 N–H and O–H groups in total.